The van der Waals surface area contributed by atoms with Gasteiger partial charge in [-0.05, 0) is 58.4 Å². The highest BCUT2D eigenvalue weighted by molar-refractivity contribution is 6.04. The first-order chi connectivity index (χ1) is 29.9. The summed E-state index contributed by atoms with van der Waals surface area (Å²) in [4.78, 5) is 8.83. The van der Waals surface area contributed by atoms with Gasteiger partial charge in [-0.25, -0.2) is 9.97 Å². The normalized spacial score (nSPS) is 19.5. The SMILES string of the molecule is [2H]c1c([2H])c([2H])c(-c2cc(-c3c([2H])c([2H])c([2H])c(-c4c([2H])c([2H])c([2H])c([2H])c4[2H])c3[2H])nc(-c3c([2H])c([2H])c4c(c3[2H])-c3c([2H])c([2H])c([2H])c5c([2H])c([2H])c([2H])c(c35)O4)n2)c([2H])c1[2H]. The first-order valence-corrected chi connectivity index (χ1v) is 11.9. The van der Waals surface area contributed by atoms with Gasteiger partial charge in [0.05, 0.1) is 42.9 Å². The molecule has 1 aliphatic rings. The van der Waals surface area contributed by atoms with Crippen LogP contribution in [0.25, 0.3) is 66.9 Å². The second kappa shape index (κ2) is 9.58. The van der Waals surface area contributed by atoms with Crippen LogP contribution in [-0.2, 0) is 0 Å². The third kappa shape index (κ3) is 4.16. The number of aromatic nitrogens is 2. The fourth-order valence-corrected chi connectivity index (χ4v) is 4.23. The number of rotatable bonds is 4. The van der Waals surface area contributed by atoms with Crippen molar-refractivity contribution in [2.24, 2.45) is 0 Å². The highest BCUT2D eigenvalue weighted by Gasteiger charge is 2.21. The fourth-order valence-electron chi connectivity index (χ4n) is 4.23. The Morgan fingerprint density at radius 1 is 0.463 bits per heavy atom. The maximum absolute atomic E-state index is 9.54. The van der Waals surface area contributed by atoms with Gasteiger partial charge < -0.3 is 4.74 Å². The van der Waals surface area contributed by atoms with E-state index in [1.807, 2.05) is 0 Å². The molecule has 192 valence electrons. The molecule has 3 nitrogen and oxygen atoms in total. The highest BCUT2D eigenvalue weighted by atomic mass is 16.5. The van der Waals surface area contributed by atoms with Gasteiger partial charge in [-0.1, -0.05) is 109 Å². The summed E-state index contributed by atoms with van der Waals surface area (Å²) >= 11 is 0. The van der Waals surface area contributed by atoms with E-state index in [0.717, 1.165) is 6.07 Å². The van der Waals surface area contributed by atoms with Crippen molar-refractivity contribution in [1.29, 1.82) is 0 Å². The quantitative estimate of drug-likeness (QED) is 0.220. The molecule has 7 aromatic rings. The summed E-state index contributed by atoms with van der Waals surface area (Å²) in [6.07, 6.45) is 0. The summed E-state index contributed by atoms with van der Waals surface area (Å²) in [5.41, 5.74) is -5.33. The monoisotopic (exact) mass is 547 g/mol. The van der Waals surface area contributed by atoms with Crippen molar-refractivity contribution < 1.29 is 36.3 Å². The molecule has 0 aliphatic carbocycles. The zero-order chi connectivity index (χ0) is 47.2. The molecule has 0 N–H and O–H groups in total. The Bertz CT molecular complexity index is 3290. The third-order valence-corrected chi connectivity index (χ3v) is 6.03. The van der Waals surface area contributed by atoms with Gasteiger partial charge in [0.1, 0.15) is 11.5 Å². The zero-order valence-electron chi connectivity index (χ0n) is 43.4. The number of benzene rings is 6. The molecule has 0 amide bonds. The van der Waals surface area contributed by atoms with E-state index in [4.69, 9.17) is 33.5 Å². The number of fused-ring (bicyclic) bond motifs is 2. The third-order valence-electron chi connectivity index (χ3n) is 6.03. The smallest absolute Gasteiger partial charge is 0.160 e. The summed E-state index contributed by atoms with van der Waals surface area (Å²) < 4.78 is 205. The van der Waals surface area contributed by atoms with E-state index in [1.165, 1.54) is 0 Å². The van der Waals surface area contributed by atoms with E-state index < -0.39 is 201 Å². The number of hydrogen-bond acceptors (Lipinski definition) is 3. The molecule has 0 saturated carbocycles. The number of hydrogen-bond donors (Lipinski definition) is 0. The molecule has 0 atom stereocenters. The molecule has 8 rings (SSSR count). The summed E-state index contributed by atoms with van der Waals surface area (Å²) in [7, 11) is 0. The standard InChI is InChI=1S/C38H24N2O/c1-3-10-25(11-4-1)28-16-7-17-29(22-28)34-24-33(26-12-5-2-6-13-26)39-38(40-34)30-20-21-35-32(23-30)31-18-8-14-27-15-9-19-36(41-35)37(27)31/h1-24H/i1D,2D,3D,4D,5D,6D,7D,8D,9D,10D,11D,12D,13D,14D,15D,16D,17D,18D,19D,20D,21D,22D,23D. The van der Waals surface area contributed by atoms with Crippen molar-refractivity contribution in [1.82, 2.24) is 9.97 Å². The average Bonchev–Trinajstić information content (AvgIpc) is 3.26. The molecule has 3 heteroatoms. The summed E-state index contributed by atoms with van der Waals surface area (Å²) in [5.74, 6) is -1.83. The van der Waals surface area contributed by atoms with Crippen LogP contribution >= 0.6 is 0 Å². The van der Waals surface area contributed by atoms with Crippen molar-refractivity contribution in [3.8, 4) is 67.7 Å². The summed E-state index contributed by atoms with van der Waals surface area (Å²) in [6, 6.07) is -17.7. The van der Waals surface area contributed by atoms with Gasteiger partial charge in [0.2, 0.25) is 0 Å². The maximum Gasteiger partial charge on any atom is 0.160 e. The maximum atomic E-state index is 9.54. The van der Waals surface area contributed by atoms with E-state index >= 15 is 0 Å². The van der Waals surface area contributed by atoms with Crippen molar-refractivity contribution in [3.05, 3.63) is 145 Å². The minimum atomic E-state index is -0.924. The van der Waals surface area contributed by atoms with Crippen LogP contribution < -0.4 is 4.74 Å². The van der Waals surface area contributed by atoms with Crippen molar-refractivity contribution in [2.45, 2.75) is 0 Å². The highest BCUT2D eigenvalue weighted by Crippen LogP contribution is 2.47. The van der Waals surface area contributed by atoms with Crippen molar-refractivity contribution in [2.75, 3.05) is 0 Å². The second-order valence-electron chi connectivity index (χ2n) is 8.47. The van der Waals surface area contributed by atoms with Crippen LogP contribution in [0.1, 0.15) is 31.5 Å². The molecule has 0 radical (unpaired) electrons. The van der Waals surface area contributed by atoms with Crippen LogP contribution in [-0.4, -0.2) is 9.97 Å². The van der Waals surface area contributed by atoms with E-state index in [1.54, 1.807) is 0 Å². The number of nitrogens with zero attached hydrogens (tertiary/aromatic N) is 2. The molecule has 0 saturated heterocycles. The molecule has 0 spiro atoms. The van der Waals surface area contributed by atoms with Crippen LogP contribution in [0, 0.1) is 0 Å². The van der Waals surface area contributed by atoms with Crippen LogP contribution in [0.3, 0.4) is 0 Å². The second-order valence-corrected chi connectivity index (χ2v) is 8.47. The van der Waals surface area contributed by atoms with Gasteiger partial charge in [0.25, 0.3) is 0 Å². The Morgan fingerprint density at radius 2 is 1.12 bits per heavy atom. The first-order valence-electron chi connectivity index (χ1n) is 23.4. The Kier molecular flexibility index (Phi) is 2.30. The van der Waals surface area contributed by atoms with E-state index in [-0.39, 0.29) is 16.3 Å². The lowest BCUT2D eigenvalue weighted by atomic mass is 9.93. The average molecular weight is 548 g/mol. The summed E-state index contributed by atoms with van der Waals surface area (Å²) in [6.45, 7) is 0. The Hall–Kier alpha value is -5.54. The zero-order valence-corrected chi connectivity index (χ0v) is 20.4. The molecule has 1 aliphatic heterocycles. The van der Waals surface area contributed by atoms with Crippen molar-refractivity contribution >= 4 is 10.8 Å². The van der Waals surface area contributed by atoms with Crippen LogP contribution in [0.4, 0.5) is 0 Å². The Labute approximate surface area is 270 Å². The molecule has 0 fully saturated rings. The topological polar surface area (TPSA) is 35.0 Å². The van der Waals surface area contributed by atoms with Gasteiger partial charge in [0.15, 0.2) is 5.82 Å². The van der Waals surface area contributed by atoms with E-state index in [0.29, 0.717) is 0 Å². The Morgan fingerprint density at radius 3 is 1.93 bits per heavy atom. The minimum absolute atomic E-state index is 0.285. The van der Waals surface area contributed by atoms with Gasteiger partial charge >= 0.3 is 0 Å². The minimum Gasteiger partial charge on any atom is -0.456 e. The molecular formula is C38H24N2O. The lowest BCUT2D eigenvalue weighted by molar-refractivity contribution is 0.487. The molecule has 0 bridgehead atoms. The molecular weight excluding hydrogens is 500 g/mol. The van der Waals surface area contributed by atoms with Gasteiger partial charge in [-0.15, -0.1) is 0 Å². The lowest BCUT2D eigenvalue weighted by Crippen LogP contribution is -1.99. The molecule has 41 heavy (non-hydrogen) atoms. The van der Waals surface area contributed by atoms with Crippen molar-refractivity contribution in [3.63, 3.8) is 0 Å². The molecule has 0 unspecified atom stereocenters. The number of ether oxygens (including phenoxy) is 1. The Balaban J connectivity index is 1.54. The predicted octanol–water partition coefficient (Wildman–Crippen LogP) is 10.1. The van der Waals surface area contributed by atoms with Gasteiger partial charge in [-0.3, -0.25) is 0 Å². The van der Waals surface area contributed by atoms with Crippen LogP contribution in [0.15, 0.2) is 145 Å². The van der Waals surface area contributed by atoms with Crippen LogP contribution in [0.5, 0.6) is 11.5 Å². The van der Waals surface area contributed by atoms with Gasteiger partial charge in [0, 0.05) is 27.6 Å². The molecule has 6 aromatic carbocycles. The molecule has 2 heterocycles. The first kappa shape index (κ1) is 9.83. The van der Waals surface area contributed by atoms with Crippen LogP contribution in [0.2, 0.25) is 0 Å². The predicted molar refractivity (Wildman–Crippen MR) is 167 cm³/mol. The molecule has 1 aromatic heterocycles. The largest absolute Gasteiger partial charge is 0.456 e. The lowest BCUT2D eigenvalue weighted by Gasteiger charge is -2.21. The van der Waals surface area contributed by atoms with E-state index in [9.17, 15) is 2.74 Å². The fraction of sp³-hybridized carbons (Fsp3) is 0. The summed E-state index contributed by atoms with van der Waals surface area (Å²) in [5, 5.41) is -0.668. The van der Waals surface area contributed by atoms with Gasteiger partial charge in [-0.2, -0.15) is 0 Å². The van der Waals surface area contributed by atoms with E-state index in [2.05, 4.69) is 9.97 Å².